The molecule has 28 heavy (non-hydrogen) atoms. The molecule has 1 amide bonds. The molecule has 0 spiro atoms. The Hall–Kier alpha value is -0.460. The van der Waals surface area contributed by atoms with Crippen LogP contribution in [-0.4, -0.2) is 88.4 Å². The van der Waals surface area contributed by atoms with Crippen LogP contribution in [0.4, 0.5) is 0 Å². The van der Waals surface area contributed by atoms with E-state index in [-0.39, 0.29) is 11.9 Å². The van der Waals surface area contributed by atoms with Gasteiger partial charge in [-0.3, -0.25) is 10.1 Å². The van der Waals surface area contributed by atoms with Crippen molar-refractivity contribution >= 4 is 17.7 Å². The summed E-state index contributed by atoms with van der Waals surface area (Å²) in [5.41, 5.74) is 5.31. The van der Waals surface area contributed by atoms with Crippen LogP contribution in [-0.2, 0) is 19.0 Å². The summed E-state index contributed by atoms with van der Waals surface area (Å²) >= 11 is 1.90. The largest absolute Gasteiger partial charge is 0.633 e. The molecule has 0 bridgehead atoms. The predicted octanol–water partition coefficient (Wildman–Crippen LogP) is -1.53. The maximum absolute atomic E-state index is 11.9. The number of nitrogens with two attached hydrogens (primary N) is 1. The number of unbranched alkanes of at least 4 members (excludes halogenated alkanes) is 1. The molecule has 5 N–H and O–H groups in total. The number of hydroxylamine groups is 2. The minimum atomic E-state index is 0.0625. The zero-order valence-corrected chi connectivity index (χ0v) is 17.5. The van der Waals surface area contributed by atoms with Crippen LogP contribution < -0.4 is 21.4 Å². The molecule has 2 aliphatic rings. The monoisotopic (exact) mass is 420 g/mol. The van der Waals surface area contributed by atoms with Crippen molar-refractivity contribution in [2.24, 2.45) is 5.73 Å². The summed E-state index contributed by atoms with van der Waals surface area (Å²) in [6.45, 7) is 4.70. The molecule has 0 aromatic heterocycles. The van der Waals surface area contributed by atoms with Crippen LogP contribution in [0, 0.1) is 5.21 Å². The maximum Gasteiger partial charge on any atom is 0.220 e. The molecular formula is C18H36N4O5S. The fourth-order valence-electron chi connectivity index (χ4n) is 3.53. The van der Waals surface area contributed by atoms with Crippen molar-refractivity contribution in [2.45, 2.75) is 43.0 Å². The van der Waals surface area contributed by atoms with E-state index in [0.29, 0.717) is 82.2 Å². The quantitative estimate of drug-likeness (QED) is 0.175. The summed E-state index contributed by atoms with van der Waals surface area (Å²) < 4.78 is 15.9. The van der Waals surface area contributed by atoms with Crippen LogP contribution in [0.15, 0.2) is 0 Å². The Balaban J connectivity index is 1.35. The zero-order valence-electron chi connectivity index (χ0n) is 16.7. The van der Waals surface area contributed by atoms with Crippen LogP contribution in [0.2, 0.25) is 0 Å². The molecule has 4 atom stereocenters. The van der Waals surface area contributed by atoms with Gasteiger partial charge in [0, 0.05) is 25.3 Å². The average molecular weight is 421 g/mol. The fourth-order valence-corrected chi connectivity index (χ4v) is 5.19. The van der Waals surface area contributed by atoms with E-state index in [9.17, 15) is 10.0 Å². The van der Waals surface area contributed by atoms with Crippen molar-refractivity contribution in [1.29, 1.82) is 0 Å². The number of quaternary nitrogens is 1. The van der Waals surface area contributed by atoms with Gasteiger partial charge in [0.2, 0.25) is 5.91 Å². The lowest BCUT2D eigenvalue weighted by atomic mass is 10.0. The lowest BCUT2D eigenvalue weighted by Crippen LogP contribution is -3.11. The van der Waals surface area contributed by atoms with Crippen LogP contribution in [0.1, 0.15) is 25.7 Å². The molecule has 164 valence electrons. The van der Waals surface area contributed by atoms with E-state index in [2.05, 4.69) is 10.6 Å². The summed E-state index contributed by atoms with van der Waals surface area (Å²) in [7, 11) is 0. The summed E-state index contributed by atoms with van der Waals surface area (Å²) in [6, 6.07) is 0.569. The van der Waals surface area contributed by atoms with E-state index in [0.717, 1.165) is 25.0 Å². The lowest BCUT2D eigenvalue weighted by Gasteiger charge is -2.26. The smallest absolute Gasteiger partial charge is 0.220 e. The lowest BCUT2D eigenvalue weighted by molar-refractivity contribution is -0.861. The first-order valence-corrected chi connectivity index (χ1v) is 11.3. The summed E-state index contributed by atoms with van der Waals surface area (Å²) in [6.07, 6.45) is 3.41. The van der Waals surface area contributed by atoms with Gasteiger partial charge in [-0.1, -0.05) is 6.42 Å². The number of thioether (sulfide) groups is 1. The highest BCUT2D eigenvalue weighted by molar-refractivity contribution is 8.00. The molecule has 2 fully saturated rings. The molecule has 2 saturated heterocycles. The van der Waals surface area contributed by atoms with Gasteiger partial charge in [0.1, 0.15) is 12.7 Å². The van der Waals surface area contributed by atoms with E-state index in [4.69, 9.17) is 19.9 Å². The van der Waals surface area contributed by atoms with Gasteiger partial charge in [-0.05, 0) is 12.8 Å². The Bertz CT molecular complexity index is 435. The molecule has 0 aromatic carbocycles. The van der Waals surface area contributed by atoms with Gasteiger partial charge >= 0.3 is 0 Å². The molecule has 0 aromatic rings. The SMILES string of the molecule is NCCOCCOCCOCCNC(=O)CCCC[C@@H]1SC[C@@H]2NC[NH+]([O-])[C@@H]21. The van der Waals surface area contributed by atoms with Gasteiger partial charge in [0.05, 0.1) is 50.9 Å². The predicted molar refractivity (Wildman–Crippen MR) is 109 cm³/mol. The Morgan fingerprint density at radius 1 is 1.14 bits per heavy atom. The Kier molecular flexibility index (Phi) is 12.3. The van der Waals surface area contributed by atoms with Gasteiger partial charge in [-0.15, -0.1) is 0 Å². The van der Waals surface area contributed by atoms with Gasteiger partial charge in [-0.2, -0.15) is 11.8 Å². The first-order chi connectivity index (χ1) is 13.7. The molecule has 9 nitrogen and oxygen atoms in total. The van der Waals surface area contributed by atoms with Crippen LogP contribution >= 0.6 is 11.8 Å². The number of hydrogen-bond donors (Lipinski definition) is 4. The number of carbonyl (C=O) groups excluding carboxylic acids is 1. The molecule has 0 saturated carbocycles. The van der Waals surface area contributed by atoms with Crippen molar-refractivity contribution in [2.75, 3.05) is 65.2 Å². The normalized spacial score (nSPS) is 26.5. The van der Waals surface area contributed by atoms with Crippen molar-refractivity contribution < 1.29 is 24.1 Å². The molecular weight excluding hydrogens is 384 g/mol. The van der Waals surface area contributed by atoms with Crippen LogP contribution in [0.5, 0.6) is 0 Å². The second-order valence-electron chi connectivity index (χ2n) is 7.07. The van der Waals surface area contributed by atoms with Crippen molar-refractivity contribution in [3.8, 4) is 0 Å². The van der Waals surface area contributed by atoms with Crippen molar-refractivity contribution in [3.63, 3.8) is 0 Å². The van der Waals surface area contributed by atoms with E-state index in [1.165, 1.54) is 0 Å². The molecule has 10 heteroatoms. The third kappa shape index (κ3) is 8.91. The number of amides is 1. The van der Waals surface area contributed by atoms with Crippen molar-refractivity contribution in [3.05, 3.63) is 5.21 Å². The van der Waals surface area contributed by atoms with Gasteiger partial charge in [0.25, 0.3) is 0 Å². The van der Waals surface area contributed by atoms with E-state index in [1.54, 1.807) is 0 Å². The second-order valence-corrected chi connectivity index (χ2v) is 8.34. The minimum absolute atomic E-state index is 0.0625. The third-order valence-electron chi connectivity index (χ3n) is 4.95. The number of hydrogen-bond acceptors (Lipinski definition) is 8. The summed E-state index contributed by atoms with van der Waals surface area (Å²) in [5.74, 6) is 1.10. The molecule has 2 rings (SSSR count). The molecule has 2 heterocycles. The highest BCUT2D eigenvalue weighted by Gasteiger charge is 2.44. The molecule has 2 aliphatic heterocycles. The van der Waals surface area contributed by atoms with E-state index >= 15 is 0 Å². The average Bonchev–Trinajstić information content (AvgIpc) is 3.26. The number of fused-ring (bicyclic) bond motifs is 1. The van der Waals surface area contributed by atoms with Crippen LogP contribution in [0.3, 0.4) is 0 Å². The first kappa shape index (κ1) is 23.8. The Morgan fingerprint density at radius 3 is 2.61 bits per heavy atom. The standard InChI is InChI=1S/C18H36N4O5S/c19-5-7-25-9-11-27-12-10-26-8-6-20-17(23)4-2-1-3-16-18-15(13-28-16)21-14-22(18)24/h15-16,18,21-22H,1-14,19H2,(H,20,23)/t15-,16-,18-/m0/s1. The number of ether oxygens (including phenoxy) is 3. The summed E-state index contributed by atoms with van der Waals surface area (Å²) in [4.78, 5) is 11.9. The van der Waals surface area contributed by atoms with Crippen LogP contribution in [0.25, 0.3) is 0 Å². The topological polar surface area (TPSA) is 122 Å². The van der Waals surface area contributed by atoms with E-state index in [1.807, 2.05) is 11.8 Å². The Morgan fingerprint density at radius 2 is 1.86 bits per heavy atom. The molecule has 1 unspecified atom stereocenters. The zero-order chi connectivity index (χ0) is 20.0. The van der Waals surface area contributed by atoms with E-state index < -0.39 is 0 Å². The third-order valence-corrected chi connectivity index (χ3v) is 6.46. The highest BCUT2D eigenvalue weighted by atomic mass is 32.2. The second kappa shape index (κ2) is 14.5. The minimum Gasteiger partial charge on any atom is -0.633 e. The fraction of sp³-hybridized carbons (Fsp3) is 0.944. The number of rotatable bonds is 16. The number of carbonyl (C=O) groups is 1. The van der Waals surface area contributed by atoms with Crippen molar-refractivity contribution in [1.82, 2.24) is 10.6 Å². The van der Waals surface area contributed by atoms with Gasteiger partial charge in [-0.25, -0.2) is 0 Å². The van der Waals surface area contributed by atoms with Gasteiger partial charge in [0.15, 0.2) is 0 Å². The Labute approximate surface area is 172 Å². The summed E-state index contributed by atoms with van der Waals surface area (Å²) in [5, 5.41) is 18.9. The molecule has 0 radical (unpaired) electrons. The molecule has 0 aliphatic carbocycles. The number of nitrogens with one attached hydrogen (secondary N) is 3. The highest BCUT2D eigenvalue weighted by Crippen LogP contribution is 2.31. The maximum atomic E-state index is 11.9. The first-order valence-electron chi connectivity index (χ1n) is 10.3. The van der Waals surface area contributed by atoms with Gasteiger partial charge < -0.3 is 35.5 Å².